The summed E-state index contributed by atoms with van der Waals surface area (Å²) in [6, 6.07) is 14.3. The molecule has 1 atom stereocenters. The van der Waals surface area contributed by atoms with E-state index in [1.807, 2.05) is 42.5 Å². The summed E-state index contributed by atoms with van der Waals surface area (Å²) in [7, 11) is 1.59. The van der Waals surface area contributed by atoms with Crippen LogP contribution in [0.1, 0.15) is 18.9 Å². The number of nitrogens with one attached hydrogen (secondary N) is 1. The van der Waals surface area contributed by atoms with E-state index < -0.39 is 6.04 Å². The molecule has 1 N–H and O–H groups in total. The third-order valence-electron chi connectivity index (χ3n) is 4.16. The molecular formula is C19H20N2O3. The predicted octanol–water partition coefficient (Wildman–Crippen LogP) is 3.00. The zero-order valence-corrected chi connectivity index (χ0v) is 13.8. The quantitative estimate of drug-likeness (QED) is 0.859. The molecule has 2 amide bonds. The van der Waals surface area contributed by atoms with Crippen molar-refractivity contribution in [2.75, 3.05) is 17.3 Å². The number of nitrogens with zero attached hydrogens (tertiary/aromatic N) is 1. The molecule has 0 saturated carbocycles. The number of hydrogen-bond donors (Lipinski definition) is 1. The van der Waals surface area contributed by atoms with E-state index >= 15 is 0 Å². The minimum Gasteiger partial charge on any atom is -0.497 e. The summed E-state index contributed by atoms with van der Waals surface area (Å²) in [6.45, 7) is 2.06. The third kappa shape index (κ3) is 3.11. The Bertz CT molecular complexity index is 755. The molecule has 0 bridgehead atoms. The minimum atomic E-state index is -0.560. The van der Waals surface area contributed by atoms with Crippen molar-refractivity contribution in [2.24, 2.45) is 0 Å². The Kier molecular flexibility index (Phi) is 4.51. The largest absolute Gasteiger partial charge is 0.497 e. The molecular weight excluding hydrogens is 304 g/mol. The predicted molar refractivity (Wildman–Crippen MR) is 93.3 cm³/mol. The van der Waals surface area contributed by atoms with Crippen LogP contribution in [0.25, 0.3) is 0 Å². The van der Waals surface area contributed by atoms with Crippen LogP contribution in [0.4, 0.5) is 11.4 Å². The number of hydrogen-bond acceptors (Lipinski definition) is 4. The average Bonchev–Trinajstić information content (AvgIpc) is 2.89. The number of benzene rings is 2. The minimum absolute atomic E-state index is 0.144. The molecule has 0 spiro atoms. The van der Waals surface area contributed by atoms with Gasteiger partial charge in [-0.2, -0.15) is 0 Å². The van der Waals surface area contributed by atoms with Gasteiger partial charge in [-0.15, -0.1) is 0 Å². The SMILES string of the molecule is CCc1ccc(N2C(=O)C[C@H](Nc3cccc(OC)c3)C2=O)cc1. The first-order chi connectivity index (χ1) is 11.6. The van der Waals surface area contributed by atoms with Crippen molar-refractivity contribution in [3.8, 4) is 5.75 Å². The van der Waals surface area contributed by atoms with Gasteiger partial charge in [0.15, 0.2) is 0 Å². The molecule has 2 aromatic rings. The fourth-order valence-electron chi connectivity index (χ4n) is 2.81. The van der Waals surface area contributed by atoms with E-state index in [1.54, 1.807) is 13.2 Å². The first-order valence-electron chi connectivity index (χ1n) is 7.98. The highest BCUT2D eigenvalue weighted by Gasteiger charge is 2.39. The molecule has 0 unspecified atom stereocenters. The number of ether oxygens (including phenoxy) is 1. The third-order valence-corrected chi connectivity index (χ3v) is 4.16. The highest BCUT2D eigenvalue weighted by atomic mass is 16.5. The fourth-order valence-corrected chi connectivity index (χ4v) is 2.81. The van der Waals surface area contributed by atoms with Crippen LogP contribution in [0, 0.1) is 0 Å². The maximum Gasteiger partial charge on any atom is 0.256 e. The molecule has 1 saturated heterocycles. The number of methoxy groups -OCH3 is 1. The normalized spacial score (nSPS) is 17.2. The molecule has 24 heavy (non-hydrogen) atoms. The molecule has 0 aromatic heterocycles. The van der Waals surface area contributed by atoms with Gasteiger partial charge in [-0.05, 0) is 36.2 Å². The van der Waals surface area contributed by atoms with E-state index in [4.69, 9.17) is 4.74 Å². The summed E-state index contributed by atoms with van der Waals surface area (Å²) in [5.74, 6) is 0.278. The molecule has 1 fully saturated rings. The molecule has 0 aliphatic carbocycles. The van der Waals surface area contributed by atoms with Crippen LogP contribution in [0.15, 0.2) is 48.5 Å². The number of anilines is 2. The highest BCUT2D eigenvalue weighted by Crippen LogP contribution is 2.26. The number of carbonyl (C=O) groups excluding carboxylic acids is 2. The summed E-state index contributed by atoms with van der Waals surface area (Å²) in [5, 5.41) is 3.13. The second kappa shape index (κ2) is 6.74. The van der Waals surface area contributed by atoms with Crippen molar-refractivity contribution < 1.29 is 14.3 Å². The molecule has 0 radical (unpaired) electrons. The molecule has 2 aromatic carbocycles. The molecule has 1 aliphatic rings. The first kappa shape index (κ1) is 16.1. The van der Waals surface area contributed by atoms with Crippen molar-refractivity contribution in [3.63, 3.8) is 0 Å². The van der Waals surface area contributed by atoms with E-state index in [9.17, 15) is 9.59 Å². The van der Waals surface area contributed by atoms with E-state index in [1.165, 1.54) is 10.5 Å². The number of aryl methyl sites for hydroxylation is 1. The zero-order chi connectivity index (χ0) is 17.1. The van der Waals surface area contributed by atoms with Crippen LogP contribution < -0.4 is 15.0 Å². The molecule has 5 heteroatoms. The average molecular weight is 324 g/mol. The van der Waals surface area contributed by atoms with E-state index in [0.717, 1.165) is 12.1 Å². The number of amides is 2. The van der Waals surface area contributed by atoms with Gasteiger partial charge >= 0.3 is 0 Å². The van der Waals surface area contributed by atoms with E-state index in [-0.39, 0.29) is 18.2 Å². The summed E-state index contributed by atoms with van der Waals surface area (Å²) < 4.78 is 5.18. The lowest BCUT2D eigenvalue weighted by Gasteiger charge is -2.16. The Morgan fingerprint density at radius 1 is 1.17 bits per heavy atom. The van der Waals surface area contributed by atoms with Crippen molar-refractivity contribution in [1.29, 1.82) is 0 Å². The van der Waals surface area contributed by atoms with Gasteiger partial charge in [0.05, 0.1) is 19.2 Å². The molecule has 5 nitrogen and oxygen atoms in total. The van der Waals surface area contributed by atoms with Gasteiger partial charge in [0.25, 0.3) is 5.91 Å². The smallest absolute Gasteiger partial charge is 0.256 e. The van der Waals surface area contributed by atoms with Gasteiger partial charge in [0.2, 0.25) is 5.91 Å². The topological polar surface area (TPSA) is 58.6 Å². The molecule has 1 heterocycles. The lowest BCUT2D eigenvalue weighted by Crippen LogP contribution is -2.34. The van der Waals surface area contributed by atoms with Crippen molar-refractivity contribution >= 4 is 23.2 Å². The van der Waals surface area contributed by atoms with E-state index in [2.05, 4.69) is 12.2 Å². The van der Waals surface area contributed by atoms with Crippen molar-refractivity contribution in [2.45, 2.75) is 25.8 Å². The lowest BCUT2D eigenvalue weighted by atomic mass is 10.1. The first-order valence-corrected chi connectivity index (χ1v) is 7.98. The Morgan fingerprint density at radius 3 is 2.58 bits per heavy atom. The van der Waals surface area contributed by atoms with Gasteiger partial charge < -0.3 is 10.1 Å². The second-order valence-corrected chi connectivity index (χ2v) is 5.72. The van der Waals surface area contributed by atoms with Crippen LogP contribution in [-0.4, -0.2) is 25.0 Å². The van der Waals surface area contributed by atoms with Crippen LogP contribution >= 0.6 is 0 Å². The van der Waals surface area contributed by atoms with Crippen LogP contribution in [-0.2, 0) is 16.0 Å². The second-order valence-electron chi connectivity index (χ2n) is 5.72. The van der Waals surface area contributed by atoms with Crippen LogP contribution in [0.5, 0.6) is 5.75 Å². The molecule has 1 aliphatic heterocycles. The van der Waals surface area contributed by atoms with Gasteiger partial charge in [-0.1, -0.05) is 25.1 Å². The van der Waals surface area contributed by atoms with Gasteiger partial charge in [0.1, 0.15) is 11.8 Å². The standard InChI is InChI=1S/C19H20N2O3/c1-3-13-7-9-15(10-8-13)21-18(22)12-17(19(21)23)20-14-5-4-6-16(11-14)24-2/h4-11,17,20H,3,12H2,1-2H3/t17-/m0/s1. The van der Waals surface area contributed by atoms with Gasteiger partial charge in [0, 0.05) is 11.8 Å². The summed E-state index contributed by atoms with van der Waals surface area (Å²) in [4.78, 5) is 26.2. The number of rotatable bonds is 5. The zero-order valence-electron chi connectivity index (χ0n) is 13.8. The maximum atomic E-state index is 12.6. The lowest BCUT2D eigenvalue weighted by molar-refractivity contribution is -0.121. The molecule has 3 rings (SSSR count). The fraction of sp³-hybridized carbons (Fsp3) is 0.263. The highest BCUT2D eigenvalue weighted by molar-refractivity contribution is 6.23. The maximum absolute atomic E-state index is 12.6. The molecule has 124 valence electrons. The van der Waals surface area contributed by atoms with Crippen molar-refractivity contribution in [1.82, 2.24) is 0 Å². The van der Waals surface area contributed by atoms with Gasteiger partial charge in [-0.3, -0.25) is 9.59 Å². The monoisotopic (exact) mass is 324 g/mol. The van der Waals surface area contributed by atoms with E-state index in [0.29, 0.717) is 11.4 Å². The Morgan fingerprint density at radius 2 is 1.92 bits per heavy atom. The Labute approximate surface area is 141 Å². The summed E-state index contributed by atoms with van der Waals surface area (Å²) >= 11 is 0. The number of carbonyl (C=O) groups is 2. The van der Waals surface area contributed by atoms with Crippen LogP contribution in [0.3, 0.4) is 0 Å². The Hall–Kier alpha value is -2.82. The number of imide groups is 1. The van der Waals surface area contributed by atoms with Gasteiger partial charge in [-0.25, -0.2) is 4.90 Å². The van der Waals surface area contributed by atoms with Crippen LogP contribution in [0.2, 0.25) is 0 Å². The summed E-state index contributed by atoms with van der Waals surface area (Å²) in [6.07, 6.45) is 1.06. The van der Waals surface area contributed by atoms with Crippen molar-refractivity contribution in [3.05, 3.63) is 54.1 Å². The summed E-state index contributed by atoms with van der Waals surface area (Å²) in [5.41, 5.74) is 2.55. The Balaban J connectivity index is 1.77.